The number of esters is 1. The number of rotatable bonds is 16. The van der Waals surface area contributed by atoms with E-state index in [4.69, 9.17) is 10.5 Å². The molecule has 6 atom stereocenters. The predicted octanol–water partition coefficient (Wildman–Crippen LogP) is 2.67. The van der Waals surface area contributed by atoms with Gasteiger partial charge in [0.05, 0.1) is 12.6 Å². The fourth-order valence-electron chi connectivity index (χ4n) is 6.90. The molecule has 5 N–H and O–H groups in total. The molecule has 12 heteroatoms. The van der Waals surface area contributed by atoms with E-state index in [1.165, 1.54) is 17.7 Å². The molecule has 0 aromatic heterocycles. The fraction of sp³-hybridized carbons (Fsp3) is 0.824. The van der Waals surface area contributed by atoms with Crippen molar-refractivity contribution in [2.24, 2.45) is 46.2 Å². The fourth-order valence-corrected chi connectivity index (χ4v) is 6.90. The van der Waals surface area contributed by atoms with Crippen molar-refractivity contribution in [3.8, 4) is 0 Å². The topological polar surface area (TPSA) is 177 Å². The molecule has 258 valence electrons. The quantitative estimate of drug-likeness (QED) is 0.113. The number of primary amides is 1. The second-order valence-electron chi connectivity index (χ2n) is 16.1. The van der Waals surface area contributed by atoms with Crippen LogP contribution in [0.3, 0.4) is 0 Å². The third kappa shape index (κ3) is 8.59. The first-order valence-electron chi connectivity index (χ1n) is 17.1. The number of carbonyl (C=O) groups is 6. The Morgan fingerprint density at radius 1 is 0.935 bits per heavy atom. The SMILES string of the molecule is CC(C)[C@H](NC(=O)N[C@H](C(=O)N1C[C@H]2[C@@H]([C@H]1C(=O)NC(CCCCC1CC1)C(=O)C(N)=O)C2(C)C)C(C)(C)C)C(=O)OCC1CC1. The lowest BCUT2D eigenvalue weighted by molar-refractivity contribution is -0.147. The number of nitrogens with two attached hydrogens (primary N) is 1. The first-order valence-corrected chi connectivity index (χ1v) is 17.1. The number of Topliss-reactive ketones (excluding diaryl/α,β-unsaturated/α-hetero) is 1. The van der Waals surface area contributed by atoms with Crippen molar-refractivity contribution in [2.75, 3.05) is 13.2 Å². The van der Waals surface area contributed by atoms with Crippen molar-refractivity contribution in [3.63, 3.8) is 0 Å². The van der Waals surface area contributed by atoms with Crippen molar-refractivity contribution >= 4 is 35.5 Å². The van der Waals surface area contributed by atoms with E-state index in [0.717, 1.165) is 31.6 Å². The predicted molar refractivity (Wildman–Crippen MR) is 171 cm³/mol. The Bertz CT molecular complexity index is 1200. The molecule has 4 aliphatic rings. The summed E-state index contributed by atoms with van der Waals surface area (Å²) >= 11 is 0. The third-order valence-corrected chi connectivity index (χ3v) is 10.4. The van der Waals surface area contributed by atoms with Gasteiger partial charge >= 0.3 is 12.0 Å². The molecule has 0 bridgehead atoms. The molecular formula is C34H55N5O7. The molecule has 0 radical (unpaired) electrons. The molecule has 5 amide bonds. The lowest BCUT2D eigenvalue weighted by Gasteiger charge is -2.38. The number of ketones is 1. The molecular weight excluding hydrogens is 590 g/mol. The summed E-state index contributed by atoms with van der Waals surface area (Å²) in [7, 11) is 0. The molecule has 0 spiro atoms. The van der Waals surface area contributed by atoms with Crippen molar-refractivity contribution < 1.29 is 33.5 Å². The molecule has 4 fully saturated rings. The zero-order chi connectivity index (χ0) is 34.1. The van der Waals surface area contributed by atoms with Crippen molar-refractivity contribution in [3.05, 3.63) is 0 Å². The number of amides is 5. The Morgan fingerprint density at radius 3 is 2.11 bits per heavy atom. The van der Waals surface area contributed by atoms with Crippen LogP contribution in [-0.2, 0) is 28.7 Å². The van der Waals surface area contributed by atoms with Crippen LogP contribution in [0.1, 0.15) is 99.8 Å². The Morgan fingerprint density at radius 2 is 1.57 bits per heavy atom. The number of unbranched alkanes of at least 4 members (excludes halogenated alkanes) is 1. The van der Waals surface area contributed by atoms with E-state index in [1.807, 2.05) is 20.8 Å². The lowest BCUT2D eigenvalue weighted by Crippen LogP contribution is -2.62. The number of piperidine rings is 1. The van der Waals surface area contributed by atoms with Crippen LogP contribution in [0.2, 0.25) is 0 Å². The molecule has 1 heterocycles. The number of ether oxygens (including phenoxy) is 1. The van der Waals surface area contributed by atoms with Crippen LogP contribution in [0.25, 0.3) is 0 Å². The first-order chi connectivity index (χ1) is 21.4. The molecule has 3 aliphatic carbocycles. The highest BCUT2D eigenvalue weighted by molar-refractivity contribution is 6.37. The van der Waals surface area contributed by atoms with Crippen LogP contribution >= 0.6 is 0 Å². The highest BCUT2D eigenvalue weighted by Gasteiger charge is 2.70. The highest BCUT2D eigenvalue weighted by Crippen LogP contribution is 2.65. The molecule has 0 aromatic carbocycles. The minimum Gasteiger partial charge on any atom is -0.464 e. The second kappa shape index (κ2) is 13.9. The number of urea groups is 1. The molecule has 12 nitrogen and oxygen atoms in total. The van der Waals surface area contributed by atoms with E-state index < -0.39 is 65.1 Å². The summed E-state index contributed by atoms with van der Waals surface area (Å²) in [6, 6.07) is -4.53. The van der Waals surface area contributed by atoms with Gasteiger partial charge in [-0.05, 0) is 59.7 Å². The van der Waals surface area contributed by atoms with Crippen LogP contribution in [0.5, 0.6) is 0 Å². The summed E-state index contributed by atoms with van der Waals surface area (Å²) in [6.45, 7) is 13.8. The highest BCUT2D eigenvalue weighted by atomic mass is 16.5. The van der Waals surface area contributed by atoms with Gasteiger partial charge in [-0.15, -0.1) is 0 Å². The Hall–Kier alpha value is -3.18. The van der Waals surface area contributed by atoms with Crippen LogP contribution in [-0.4, -0.2) is 77.7 Å². The second-order valence-corrected chi connectivity index (χ2v) is 16.1. The number of likely N-dealkylation sites (tertiary alicyclic amines) is 1. The van der Waals surface area contributed by atoms with E-state index in [0.29, 0.717) is 31.9 Å². The molecule has 46 heavy (non-hydrogen) atoms. The molecule has 0 aromatic rings. The maximum atomic E-state index is 14.2. The van der Waals surface area contributed by atoms with Crippen molar-refractivity contribution in [2.45, 2.75) is 124 Å². The average Bonchev–Trinajstić information content (AvgIpc) is 3.91. The van der Waals surface area contributed by atoms with Gasteiger partial charge in [-0.25, -0.2) is 9.59 Å². The number of hydrogen-bond donors (Lipinski definition) is 4. The van der Waals surface area contributed by atoms with E-state index in [2.05, 4.69) is 29.8 Å². The van der Waals surface area contributed by atoms with Gasteiger partial charge in [-0.1, -0.05) is 80.6 Å². The van der Waals surface area contributed by atoms with E-state index >= 15 is 0 Å². The Labute approximate surface area is 273 Å². The van der Waals surface area contributed by atoms with Gasteiger partial charge in [-0.2, -0.15) is 0 Å². The van der Waals surface area contributed by atoms with Crippen LogP contribution in [0.4, 0.5) is 4.79 Å². The smallest absolute Gasteiger partial charge is 0.328 e. The lowest BCUT2D eigenvalue weighted by atomic mass is 9.85. The van der Waals surface area contributed by atoms with Crippen LogP contribution in [0.15, 0.2) is 0 Å². The maximum absolute atomic E-state index is 14.2. The molecule has 4 rings (SSSR count). The number of fused-ring (bicyclic) bond motifs is 1. The molecule has 3 saturated carbocycles. The Balaban J connectivity index is 1.46. The minimum atomic E-state index is -1.10. The summed E-state index contributed by atoms with van der Waals surface area (Å²) in [5.41, 5.74) is 4.40. The first kappa shape index (κ1) is 35.7. The molecule has 1 aliphatic heterocycles. The summed E-state index contributed by atoms with van der Waals surface area (Å²) in [5.74, 6) is -2.58. The third-order valence-electron chi connectivity index (χ3n) is 10.4. The van der Waals surface area contributed by atoms with E-state index in [1.54, 1.807) is 13.8 Å². The van der Waals surface area contributed by atoms with Gasteiger partial charge in [0, 0.05) is 6.54 Å². The Kier molecular flexibility index (Phi) is 10.8. The normalized spacial score (nSPS) is 25.1. The number of carbonyl (C=O) groups excluding carboxylic acids is 6. The number of hydrogen-bond acceptors (Lipinski definition) is 7. The molecule has 1 saturated heterocycles. The van der Waals surface area contributed by atoms with E-state index in [-0.39, 0.29) is 23.2 Å². The van der Waals surface area contributed by atoms with Crippen LogP contribution in [0, 0.1) is 40.4 Å². The summed E-state index contributed by atoms with van der Waals surface area (Å²) in [5, 5.41) is 8.27. The number of nitrogens with one attached hydrogen (secondary N) is 3. The van der Waals surface area contributed by atoms with Crippen molar-refractivity contribution in [1.29, 1.82) is 0 Å². The van der Waals surface area contributed by atoms with Gasteiger partial charge in [0.1, 0.15) is 18.1 Å². The van der Waals surface area contributed by atoms with E-state index in [9.17, 15) is 28.8 Å². The summed E-state index contributed by atoms with van der Waals surface area (Å²) < 4.78 is 5.42. The van der Waals surface area contributed by atoms with Crippen LogP contribution < -0.4 is 21.7 Å². The van der Waals surface area contributed by atoms with Gasteiger partial charge in [0.2, 0.25) is 17.6 Å². The summed E-state index contributed by atoms with van der Waals surface area (Å²) in [6.07, 6.45) is 7.42. The minimum absolute atomic E-state index is 0.0667. The standard InChI is InChI=1S/C34H55N5O7/c1-18(2)24(31(44)46-17-20-14-15-20)37-32(45)38-27(33(3,4)5)30(43)39-16-21-23(34(21,6)7)25(39)29(42)36-22(26(40)28(35)41)11-9-8-10-19-12-13-19/h18-25,27H,8-17H2,1-7H3,(H2,35,41)(H,36,42)(H2,37,38,45)/t21-,22?,23-,24-,25-,27+/m0/s1. The largest absolute Gasteiger partial charge is 0.464 e. The van der Waals surface area contributed by atoms with Crippen molar-refractivity contribution in [1.82, 2.24) is 20.9 Å². The zero-order valence-corrected chi connectivity index (χ0v) is 28.6. The average molecular weight is 646 g/mol. The summed E-state index contributed by atoms with van der Waals surface area (Å²) in [4.78, 5) is 80.3. The van der Waals surface area contributed by atoms with Gasteiger partial charge < -0.3 is 31.3 Å². The van der Waals surface area contributed by atoms with Gasteiger partial charge in [0.15, 0.2) is 0 Å². The zero-order valence-electron chi connectivity index (χ0n) is 28.6. The number of nitrogens with zero attached hydrogens (tertiary/aromatic N) is 1. The monoisotopic (exact) mass is 645 g/mol. The maximum Gasteiger partial charge on any atom is 0.328 e. The van der Waals surface area contributed by atoms with Gasteiger partial charge in [-0.3, -0.25) is 19.2 Å². The molecule has 1 unspecified atom stereocenters. The van der Waals surface area contributed by atoms with Gasteiger partial charge in [0.25, 0.3) is 5.91 Å².